The third-order valence-corrected chi connectivity index (χ3v) is 5.70. The van der Waals surface area contributed by atoms with Crippen LogP contribution in [0.25, 0.3) is 0 Å². The van der Waals surface area contributed by atoms with Gasteiger partial charge in [-0.2, -0.15) is 0 Å². The first-order valence-electron chi connectivity index (χ1n) is 8.64. The summed E-state index contributed by atoms with van der Waals surface area (Å²) in [6.45, 7) is 5.52. The number of hydrogen-bond acceptors (Lipinski definition) is 6. The lowest BCUT2D eigenvalue weighted by Gasteiger charge is -2.47. The van der Waals surface area contributed by atoms with Crippen LogP contribution < -0.4 is 4.74 Å². The molecule has 0 saturated carbocycles. The molecular weight excluding hydrogens is 332 g/mol. The lowest BCUT2D eigenvalue weighted by molar-refractivity contribution is -0.116. The summed E-state index contributed by atoms with van der Waals surface area (Å²) >= 11 is 6.28. The van der Waals surface area contributed by atoms with Crippen molar-refractivity contribution in [2.24, 2.45) is 0 Å². The van der Waals surface area contributed by atoms with E-state index in [9.17, 15) is 0 Å². The van der Waals surface area contributed by atoms with Gasteiger partial charge in [-0.05, 0) is 0 Å². The van der Waals surface area contributed by atoms with Gasteiger partial charge in [0.15, 0.2) is 0 Å². The van der Waals surface area contributed by atoms with E-state index in [0.29, 0.717) is 31.0 Å². The van der Waals surface area contributed by atoms with Crippen LogP contribution in [0.3, 0.4) is 0 Å². The molecule has 0 aliphatic carbocycles. The van der Waals surface area contributed by atoms with Crippen LogP contribution in [0.4, 0.5) is 0 Å². The van der Waals surface area contributed by atoms with Crippen LogP contribution >= 0.6 is 11.6 Å². The first kappa shape index (κ1) is 15.3. The zero-order valence-electron chi connectivity index (χ0n) is 13.5. The second-order valence-corrected chi connectivity index (χ2v) is 7.44. The van der Waals surface area contributed by atoms with Gasteiger partial charge in [0.2, 0.25) is 0 Å². The summed E-state index contributed by atoms with van der Waals surface area (Å²) in [6.07, 6.45) is 1.85. The van der Waals surface area contributed by atoms with Crippen molar-refractivity contribution in [3.05, 3.63) is 22.5 Å². The molecule has 5 rings (SSSR count). The third kappa shape index (κ3) is 2.44. The van der Waals surface area contributed by atoms with E-state index in [0.717, 1.165) is 56.2 Å². The van der Waals surface area contributed by atoms with Crippen LogP contribution in [0.5, 0.6) is 5.75 Å². The zero-order valence-corrected chi connectivity index (χ0v) is 14.3. The number of hydrogen-bond donors (Lipinski definition) is 0. The van der Waals surface area contributed by atoms with Gasteiger partial charge in [-0.3, -0.25) is 4.90 Å². The van der Waals surface area contributed by atoms with Crippen molar-refractivity contribution in [1.82, 2.24) is 9.88 Å². The molecule has 4 aliphatic rings. The van der Waals surface area contributed by atoms with Gasteiger partial charge >= 0.3 is 0 Å². The third-order valence-electron chi connectivity index (χ3n) is 5.51. The van der Waals surface area contributed by atoms with E-state index < -0.39 is 5.60 Å². The largest absolute Gasteiger partial charge is 0.487 e. The Morgan fingerprint density at radius 3 is 2.83 bits per heavy atom. The van der Waals surface area contributed by atoms with E-state index >= 15 is 0 Å². The number of fused-ring (bicyclic) bond motifs is 2. The van der Waals surface area contributed by atoms with Crippen molar-refractivity contribution >= 4 is 11.6 Å². The van der Waals surface area contributed by atoms with Gasteiger partial charge in [-0.25, -0.2) is 4.98 Å². The van der Waals surface area contributed by atoms with Crippen molar-refractivity contribution in [1.29, 1.82) is 0 Å². The molecule has 4 aliphatic heterocycles. The summed E-state index contributed by atoms with van der Waals surface area (Å²) in [6, 6.07) is 2.43. The molecule has 130 valence electrons. The summed E-state index contributed by atoms with van der Waals surface area (Å²) in [5.74, 6) is 0.870. The van der Waals surface area contributed by atoms with Gasteiger partial charge in [0.05, 0.1) is 38.2 Å². The summed E-state index contributed by atoms with van der Waals surface area (Å²) in [5.41, 5.74) is 1.62. The maximum Gasteiger partial charge on any atom is 0.136 e. The molecule has 7 heteroatoms. The Bertz CT molecular complexity index is 640. The van der Waals surface area contributed by atoms with Crippen molar-refractivity contribution in [3.63, 3.8) is 0 Å². The van der Waals surface area contributed by atoms with Crippen LogP contribution in [0, 0.1) is 0 Å². The number of pyridine rings is 1. The fraction of sp³-hybridized carbons (Fsp3) is 0.706. The lowest BCUT2D eigenvalue weighted by atomic mass is 9.90. The monoisotopic (exact) mass is 352 g/mol. The van der Waals surface area contributed by atoms with Gasteiger partial charge in [0.1, 0.15) is 22.6 Å². The standard InChI is InChI=1S/C17H21ClN2O4/c18-15-5-14(24-12-6-20(7-12)11-8-22-9-11)13-1-3-23-17(16(13)19-15)2-4-21-10-17/h5,11-12H,1-4,6-10H2. The Balaban J connectivity index is 1.38. The SMILES string of the molecule is Clc1cc(OC2CN(C3COC3)C2)c2c(n1)C1(CCOC1)OCC2. The van der Waals surface area contributed by atoms with Crippen LogP contribution in [0.2, 0.25) is 5.15 Å². The molecule has 3 fully saturated rings. The maximum absolute atomic E-state index is 6.28. The van der Waals surface area contributed by atoms with E-state index in [4.69, 9.17) is 30.5 Å². The maximum atomic E-state index is 6.28. The molecule has 0 aromatic carbocycles. The smallest absolute Gasteiger partial charge is 0.136 e. The summed E-state index contributed by atoms with van der Waals surface area (Å²) in [7, 11) is 0. The topological polar surface area (TPSA) is 53.1 Å². The molecule has 0 bridgehead atoms. The van der Waals surface area contributed by atoms with Crippen molar-refractivity contribution in [2.45, 2.75) is 30.6 Å². The minimum Gasteiger partial charge on any atom is -0.487 e. The van der Waals surface area contributed by atoms with Gasteiger partial charge in [0, 0.05) is 44.2 Å². The van der Waals surface area contributed by atoms with Gasteiger partial charge in [-0.15, -0.1) is 0 Å². The number of aromatic nitrogens is 1. The second kappa shape index (κ2) is 5.81. The lowest BCUT2D eigenvalue weighted by Crippen LogP contribution is -2.63. The summed E-state index contributed by atoms with van der Waals surface area (Å²) in [4.78, 5) is 7.00. The van der Waals surface area contributed by atoms with Crippen LogP contribution in [0.1, 0.15) is 17.7 Å². The minimum absolute atomic E-state index is 0.215. The molecule has 0 amide bonds. The molecule has 0 radical (unpaired) electrons. The Labute approximate surface area is 146 Å². The van der Waals surface area contributed by atoms with E-state index in [-0.39, 0.29) is 6.10 Å². The highest BCUT2D eigenvalue weighted by atomic mass is 35.5. The van der Waals surface area contributed by atoms with E-state index in [1.54, 1.807) is 0 Å². The number of rotatable bonds is 3. The zero-order chi connectivity index (χ0) is 16.1. The van der Waals surface area contributed by atoms with Crippen LogP contribution in [-0.2, 0) is 26.2 Å². The summed E-state index contributed by atoms with van der Waals surface area (Å²) < 4.78 is 23.2. The predicted molar refractivity (Wildman–Crippen MR) is 86.6 cm³/mol. The van der Waals surface area contributed by atoms with Crippen molar-refractivity contribution < 1.29 is 18.9 Å². The average Bonchev–Trinajstić information content (AvgIpc) is 2.93. The minimum atomic E-state index is -0.439. The second-order valence-electron chi connectivity index (χ2n) is 7.05. The first-order valence-corrected chi connectivity index (χ1v) is 9.01. The Morgan fingerprint density at radius 1 is 1.25 bits per heavy atom. The molecule has 5 heterocycles. The molecule has 0 N–H and O–H groups in total. The van der Waals surface area contributed by atoms with Gasteiger partial charge in [0.25, 0.3) is 0 Å². The van der Waals surface area contributed by atoms with Crippen molar-refractivity contribution in [2.75, 3.05) is 46.1 Å². The highest BCUT2D eigenvalue weighted by Crippen LogP contribution is 2.42. The van der Waals surface area contributed by atoms with Crippen molar-refractivity contribution in [3.8, 4) is 5.75 Å². The molecule has 1 unspecified atom stereocenters. The Morgan fingerprint density at radius 2 is 2.12 bits per heavy atom. The number of halogens is 1. The van der Waals surface area contributed by atoms with Crippen LogP contribution in [0.15, 0.2) is 6.07 Å². The molecule has 1 atom stereocenters. The summed E-state index contributed by atoms with van der Waals surface area (Å²) in [5, 5.41) is 0.462. The molecule has 3 saturated heterocycles. The molecule has 1 spiro atoms. The highest BCUT2D eigenvalue weighted by molar-refractivity contribution is 6.29. The van der Waals surface area contributed by atoms with Gasteiger partial charge in [-0.1, -0.05) is 11.6 Å². The number of ether oxygens (including phenoxy) is 4. The number of likely N-dealkylation sites (tertiary alicyclic amines) is 1. The molecular formula is C17H21ClN2O4. The Kier molecular flexibility index (Phi) is 3.72. The Hall–Kier alpha value is -0.920. The van der Waals surface area contributed by atoms with E-state index in [1.165, 1.54) is 0 Å². The van der Waals surface area contributed by atoms with Gasteiger partial charge < -0.3 is 18.9 Å². The predicted octanol–water partition coefficient (Wildman–Crippen LogP) is 1.39. The normalized spacial score (nSPS) is 30.9. The van der Waals surface area contributed by atoms with E-state index in [2.05, 4.69) is 9.88 Å². The highest BCUT2D eigenvalue weighted by Gasteiger charge is 2.45. The number of nitrogens with zero attached hydrogens (tertiary/aromatic N) is 2. The van der Waals surface area contributed by atoms with E-state index in [1.807, 2.05) is 6.07 Å². The molecule has 24 heavy (non-hydrogen) atoms. The quantitative estimate of drug-likeness (QED) is 0.766. The fourth-order valence-corrected chi connectivity index (χ4v) is 4.15. The molecule has 1 aromatic rings. The average molecular weight is 353 g/mol. The first-order chi connectivity index (χ1) is 11.7. The molecule has 6 nitrogen and oxygen atoms in total. The van der Waals surface area contributed by atoms with Crippen LogP contribution in [-0.4, -0.2) is 68.2 Å². The molecule has 1 aromatic heterocycles. The fourth-order valence-electron chi connectivity index (χ4n) is 3.96.